The van der Waals surface area contributed by atoms with Crippen molar-refractivity contribution in [1.82, 2.24) is 20.2 Å². The van der Waals surface area contributed by atoms with Gasteiger partial charge in [-0.3, -0.25) is 4.79 Å². The van der Waals surface area contributed by atoms with Gasteiger partial charge >= 0.3 is 6.03 Å². The lowest BCUT2D eigenvalue weighted by Crippen LogP contribution is -2.47. The minimum atomic E-state index is -0.190. The maximum atomic E-state index is 12.5. The van der Waals surface area contributed by atoms with E-state index in [1.807, 2.05) is 19.9 Å². The molecule has 0 saturated carbocycles. The molecule has 1 aromatic heterocycles. The van der Waals surface area contributed by atoms with Crippen LogP contribution < -0.4 is 10.9 Å². The van der Waals surface area contributed by atoms with E-state index in [4.69, 9.17) is 4.74 Å². The Hall–Kier alpha value is -2.41. The first-order valence-corrected chi connectivity index (χ1v) is 8.73. The van der Waals surface area contributed by atoms with Gasteiger partial charge in [0.1, 0.15) is 5.82 Å². The lowest BCUT2D eigenvalue weighted by atomic mass is 10.1. The fraction of sp³-hybridized carbons (Fsp3) is 0.500. The summed E-state index contributed by atoms with van der Waals surface area (Å²) < 4.78 is 5.62. The van der Waals surface area contributed by atoms with Crippen LogP contribution in [-0.2, 0) is 11.3 Å². The van der Waals surface area contributed by atoms with E-state index in [0.717, 1.165) is 19.4 Å². The summed E-state index contributed by atoms with van der Waals surface area (Å²) in [7, 11) is 0. The van der Waals surface area contributed by atoms with Crippen molar-refractivity contribution >= 4 is 16.9 Å². The van der Waals surface area contributed by atoms with Crippen molar-refractivity contribution in [2.45, 2.75) is 45.4 Å². The van der Waals surface area contributed by atoms with Crippen LogP contribution >= 0.6 is 0 Å². The largest absolute Gasteiger partial charge is 0.376 e. The fourth-order valence-electron chi connectivity index (χ4n) is 3.09. The number of nitrogens with one attached hydrogen (secondary N) is 2. The van der Waals surface area contributed by atoms with Crippen molar-refractivity contribution < 1.29 is 9.53 Å². The third-order valence-corrected chi connectivity index (χ3v) is 4.55. The van der Waals surface area contributed by atoms with Crippen LogP contribution in [0, 0.1) is 0 Å². The van der Waals surface area contributed by atoms with Crippen LogP contribution in [0.4, 0.5) is 4.79 Å². The van der Waals surface area contributed by atoms with Crippen LogP contribution in [-0.4, -0.2) is 46.2 Å². The number of ether oxygens (including phenoxy) is 1. The number of aromatic nitrogens is 2. The summed E-state index contributed by atoms with van der Waals surface area (Å²) >= 11 is 0. The number of fused-ring (bicyclic) bond motifs is 1. The maximum Gasteiger partial charge on any atom is 0.318 e. The molecule has 1 saturated heterocycles. The van der Waals surface area contributed by atoms with Crippen LogP contribution in [0.2, 0.25) is 0 Å². The second kappa shape index (κ2) is 7.65. The van der Waals surface area contributed by atoms with Crippen molar-refractivity contribution in [3.05, 3.63) is 40.4 Å². The lowest BCUT2D eigenvalue weighted by molar-refractivity contribution is 0.0831. The molecule has 1 aliphatic heterocycles. The highest BCUT2D eigenvalue weighted by Crippen LogP contribution is 2.15. The van der Waals surface area contributed by atoms with Gasteiger partial charge in [-0.1, -0.05) is 12.1 Å². The Morgan fingerprint density at radius 1 is 1.48 bits per heavy atom. The predicted molar refractivity (Wildman–Crippen MR) is 95.4 cm³/mol. The second-order valence-electron chi connectivity index (χ2n) is 6.33. The van der Waals surface area contributed by atoms with E-state index < -0.39 is 0 Å². The summed E-state index contributed by atoms with van der Waals surface area (Å²) in [4.78, 5) is 33.5. The Labute approximate surface area is 146 Å². The molecule has 1 aromatic carbocycles. The Balaban J connectivity index is 1.71. The normalized spacial score (nSPS) is 18.2. The third kappa shape index (κ3) is 3.99. The number of hydrogen-bond acceptors (Lipinski definition) is 4. The molecule has 0 unspecified atom stereocenters. The maximum absolute atomic E-state index is 12.5. The SMILES string of the molecule is CCN(Cc1nc2ccccc2c(=O)[nH]1)C(=O)N[C@H](C)[C@@H]1CCCO1. The van der Waals surface area contributed by atoms with E-state index in [2.05, 4.69) is 15.3 Å². The Morgan fingerprint density at radius 2 is 2.28 bits per heavy atom. The van der Waals surface area contributed by atoms with Gasteiger partial charge in [-0.05, 0) is 38.8 Å². The standard InChI is InChI=1S/C18H24N4O3/c1-3-22(18(24)19-12(2)15-9-6-10-25-15)11-16-20-14-8-5-4-7-13(14)17(23)21-16/h4-5,7-8,12,15H,3,6,9-11H2,1-2H3,(H,19,24)(H,20,21,23)/t12-,15+/m1/s1. The predicted octanol–water partition coefficient (Wildman–Crippen LogP) is 2.02. The minimum absolute atomic E-state index is 0.0485. The van der Waals surface area contributed by atoms with Crippen LogP contribution in [0.25, 0.3) is 10.9 Å². The molecule has 0 radical (unpaired) electrons. The average molecular weight is 344 g/mol. The monoisotopic (exact) mass is 344 g/mol. The molecular weight excluding hydrogens is 320 g/mol. The van der Waals surface area contributed by atoms with Gasteiger partial charge in [-0.15, -0.1) is 0 Å². The number of H-pyrrole nitrogens is 1. The number of benzene rings is 1. The smallest absolute Gasteiger partial charge is 0.318 e. The van der Waals surface area contributed by atoms with Gasteiger partial charge in [0, 0.05) is 13.2 Å². The molecule has 2 atom stereocenters. The van der Waals surface area contributed by atoms with Crippen LogP contribution in [0.1, 0.15) is 32.5 Å². The average Bonchev–Trinajstić information content (AvgIpc) is 3.14. The van der Waals surface area contributed by atoms with E-state index in [1.54, 1.807) is 23.1 Å². The summed E-state index contributed by atoms with van der Waals surface area (Å²) in [5.41, 5.74) is 0.440. The molecule has 7 heteroatoms. The van der Waals surface area contributed by atoms with E-state index in [9.17, 15) is 9.59 Å². The molecule has 2 heterocycles. The number of carbonyl (C=O) groups excluding carboxylic acids is 1. The zero-order valence-corrected chi connectivity index (χ0v) is 14.6. The molecule has 25 heavy (non-hydrogen) atoms. The van der Waals surface area contributed by atoms with E-state index in [1.165, 1.54) is 0 Å². The highest BCUT2D eigenvalue weighted by Gasteiger charge is 2.25. The van der Waals surface area contributed by atoms with Gasteiger partial charge in [-0.2, -0.15) is 0 Å². The van der Waals surface area contributed by atoms with Gasteiger partial charge in [0.05, 0.1) is 29.6 Å². The summed E-state index contributed by atoms with van der Waals surface area (Å²) in [6, 6.07) is 6.94. The van der Waals surface area contributed by atoms with Gasteiger partial charge < -0.3 is 19.9 Å². The molecule has 2 amide bonds. The highest BCUT2D eigenvalue weighted by atomic mass is 16.5. The summed E-state index contributed by atoms with van der Waals surface area (Å²) in [6.45, 7) is 5.37. The Kier molecular flexibility index (Phi) is 5.33. The quantitative estimate of drug-likeness (QED) is 0.869. The van der Waals surface area contributed by atoms with E-state index >= 15 is 0 Å². The number of amides is 2. The first kappa shape index (κ1) is 17.4. The molecule has 7 nitrogen and oxygen atoms in total. The molecule has 1 aliphatic rings. The van der Waals surface area contributed by atoms with E-state index in [-0.39, 0.29) is 30.3 Å². The zero-order chi connectivity index (χ0) is 17.8. The molecule has 0 spiro atoms. The molecule has 0 bridgehead atoms. The number of rotatable bonds is 5. The number of nitrogens with zero attached hydrogens (tertiary/aromatic N) is 2. The molecule has 2 aromatic rings. The van der Waals surface area contributed by atoms with Crippen LogP contribution in [0.15, 0.2) is 29.1 Å². The second-order valence-corrected chi connectivity index (χ2v) is 6.33. The topological polar surface area (TPSA) is 87.3 Å². The van der Waals surface area contributed by atoms with Gasteiger partial charge in [-0.25, -0.2) is 9.78 Å². The molecule has 1 fully saturated rings. The highest BCUT2D eigenvalue weighted by molar-refractivity contribution is 5.77. The molecule has 0 aliphatic carbocycles. The summed E-state index contributed by atoms with van der Waals surface area (Å²) in [6.07, 6.45) is 2.07. The number of urea groups is 1. The Bertz CT molecular complexity index is 798. The fourth-order valence-corrected chi connectivity index (χ4v) is 3.09. The van der Waals surface area contributed by atoms with Gasteiger partial charge in [0.15, 0.2) is 0 Å². The zero-order valence-electron chi connectivity index (χ0n) is 14.6. The number of aromatic amines is 1. The first-order valence-electron chi connectivity index (χ1n) is 8.73. The number of carbonyl (C=O) groups is 1. The van der Waals surface area contributed by atoms with Gasteiger partial charge in [0.2, 0.25) is 0 Å². The van der Waals surface area contributed by atoms with Crippen molar-refractivity contribution in [3.63, 3.8) is 0 Å². The van der Waals surface area contributed by atoms with E-state index in [0.29, 0.717) is 23.3 Å². The van der Waals surface area contributed by atoms with Crippen molar-refractivity contribution in [2.24, 2.45) is 0 Å². The van der Waals surface area contributed by atoms with Crippen molar-refractivity contribution in [2.75, 3.05) is 13.2 Å². The molecular formula is C18H24N4O3. The molecule has 3 rings (SSSR count). The summed E-state index contributed by atoms with van der Waals surface area (Å²) in [5.74, 6) is 0.477. The van der Waals surface area contributed by atoms with Crippen LogP contribution in [0.5, 0.6) is 0 Å². The molecule has 134 valence electrons. The third-order valence-electron chi connectivity index (χ3n) is 4.55. The Morgan fingerprint density at radius 3 is 3.00 bits per heavy atom. The van der Waals surface area contributed by atoms with Crippen molar-refractivity contribution in [1.29, 1.82) is 0 Å². The lowest BCUT2D eigenvalue weighted by Gasteiger charge is -2.26. The molecule has 2 N–H and O–H groups in total. The van der Waals surface area contributed by atoms with Gasteiger partial charge in [0.25, 0.3) is 5.56 Å². The number of para-hydroxylation sites is 1. The van der Waals surface area contributed by atoms with Crippen LogP contribution in [0.3, 0.4) is 0 Å². The summed E-state index contributed by atoms with van der Waals surface area (Å²) in [5, 5.41) is 3.53. The minimum Gasteiger partial charge on any atom is -0.376 e. The first-order chi connectivity index (χ1) is 12.1. The van der Waals surface area contributed by atoms with Crippen molar-refractivity contribution in [3.8, 4) is 0 Å². The number of hydrogen-bond donors (Lipinski definition) is 2.